The van der Waals surface area contributed by atoms with Gasteiger partial charge in [0.25, 0.3) is 5.91 Å². The lowest BCUT2D eigenvalue weighted by Crippen LogP contribution is -2.42. The van der Waals surface area contributed by atoms with E-state index in [-0.39, 0.29) is 18.1 Å². The summed E-state index contributed by atoms with van der Waals surface area (Å²) in [6.45, 7) is 1.09. The number of pyridine rings is 1. The van der Waals surface area contributed by atoms with Crippen molar-refractivity contribution in [3.8, 4) is 11.6 Å². The van der Waals surface area contributed by atoms with E-state index in [9.17, 15) is 4.79 Å². The molecular weight excluding hydrogens is 392 g/mol. The fraction of sp³-hybridized carbons (Fsp3) is 0.286. The van der Waals surface area contributed by atoms with Crippen LogP contribution in [0.3, 0.4) is 0 Å². The Morgan fingerprint density at radius 3 is 3.07 bits per heavy atom. The van der Waals surface area contributed by atoms with E-state index in [2.05, 4.69) is 15.4 Å². The minimum atomic E-state index is -0.243. The van der Waals surface area contributed by atoms with E-state index < -0.39 is 0 Å². The number of ether oxygens (including phenoxy) is 2. The average Bonchev–Trinajstić information content (AvgIpc) is 3.18. The smallest absolute Gasteiger partial charge is 0.272 e. The largest absolute Gasteiger partial charge is 0.491 e. The van der Waals surface area contributed by atoms with Gasteiger partial charge in [-0.15, -0.1) is 0 Å². The van der Waals surface area contributed by atoms with Gasteiger partial charge in [-0.25, -0.2) is 4.68 Å². The first-order valence-corrected chi connectivity index (χ1v) is 9.90. The Kier molecular flexibility index (Phi) is 4.60. The van der Waals surface area contributed by atoms with E-state index >= 15 is 0 Å². The lowest BCUT2D eigenvalue weighted by Gasteiger charge is -2.26. The van der Waals surface area contributed by atoms with E-state index in [4.69, 9.17) is 21.1 Å². The van der Waals surface area contributed by atoms with E-state index in [1.165, 1.54) is 0 Å². The zero-order valence-corrected chi connectivity index (χ0v) is 16.3. The molecule has 1 amide bonds. The van der Waals surface area contributed by atoms with Crippen molar-refractivity contribution in [2.75, 3.05) is 6.61 Å². The Labute approximate surface area is 172 Å². The molecular formula is C21H19ClN4O3. The van der Waals surface area contributed by atoms with Crippen LogP contribution in [0, 0.1) is 0 Å². The van der Waals surface area contributed by atoms with Crippen molar-refractivity contribution in [3.63, 3.8) is 0 Å². The monoisotopic (exact) mass is 410 g/mol. The lowest BCUT2D eigenvalue weighted by atomic mass is 10.0. The molecule has 0 saturated carbocycles. The molecule has 29 heavy (non-hydrogen) atoms. The predicted molar refractivity (Wildman–Crippen MR) is 106 cm³/mol. The summed E-state index contributed by atoms with van der Waals surface area (Å²) in [6, 6.07) is 11.0. The van der Waals surface area contributed by atoms with Gasteiger partial charge >= 0.3 is 0 Å². The Bertz CT molecular complexity index is 1050. The SMILES string of the molecule is O=C(NC1COc2ccc(Cl)cc2C1)c1cc2n(n1)CCC(c1cccnc1)O2. The van der Waals surface area contributed by atoms with Crippen LogP contribution in [0.2, 0.25) is 5.02 Å². The Morgan fingerprint density at radius 2 is 2.21 bits per heavy atom. The number of nitrogens with one attached hydrogen (secondary N) is 1. The molecule has 0 bridgehead atoms. The third kappa shape index (κ3) is 3.65. The Balaban J connectivity index is 1.27. The highest BCUT2D eigenvalue weighted by atomic mass is 35.5. The molecule has 7 nitrogen and oxygen atoms in total. The van der Waals surface area contributed by atoms with Crippen molar-refractivity contribution < 1.29 is 14.3 Å². The minimum Gasteiger partial charge on any atom is -0.491 e. The lowest BCUT2D eigenvalue weighted by molar-refractivity contribution is 0.0909. The number of fused-ring (bicyclic) bond motifs is 2. The number of rotatable bonds is 3. The van der Waals surface area contributed by atoms with Crippen LogP contribution in [-0.2, 0) is 13.0 Å². The van der Waals surface area contributed by atoms with Crippen LogP contribution < -0.4 is 14.8 Å². The van der Waals surface area contributed by atoms with Gasteiger partial charge in [0.1, 0.15) is 18.5 Å². The summed E-state index contributed by atoms with van der Waals surface area (Å²) in [5.74, 6) is 1.16. The second-order valence-corrected chi connectivity index (χ2v) is 7.65. The second-order valence-electron chi connectivity index (χ2n) is 7.21. The third-order valence-electron chi connectivity index (χ3n) is 5.16. The van der Waals surface area contributed by atoms with Gasteiger partial charge in [0.05, 0.1) is 6.04 Å². The highest BCUT2D eigenvalue weighted by Crippen LogP contribution is 2.31. The Hall–Kier alpha value is -3.06. The van der Waals surface area contributed by atoms with E-state index in [1.807, 2.05) is 24.3 Å². The van der Waals surface area contributed by atoms with Crippen molar-refractivity contribution in [2.24, 2.45) is 0 Å². The van der Waals surface area contributed by atoms with Gasteiger partial charge in [-0.3, -0.25) is 9.78 Å². The van der Waals surface area contributed by atoms with Crippen molar-refractivity contribution >= 4 is 17.5 Å². The number of aryl methyl sites for hydroxylation is 1. The molecule has 8 heteroatoms. The fourth-order valence-electron chi connectivity index (χ4n) is 3.73. The van der Waals surface area contributed by atoms with Gasteiger partial charge in [0, 0.05) is 42.0 Å². The number of benzene rings is 1. The maximum atomic E-state index is 12.7. The van der Waals surface area contributed by atoms with E-state index in [0.29, 0.717) is 36.2 Å². The molecule has 2 atom stereocenters. The van der Waals surface area contributed by atoms with Crippen molar-refractivity contribution in [2.45, 2.75) is 31.5 Å². The molecule has 0 fully saturated rings. The van der Waals surface area contributed by atoms with E-state index in [1.54, 1.807) is 29.2 Å². The van der Waals surface area contributed by atoms with E-state index in [0.717, 1.165) is 23.3 Å². The number of carbonyl (C=O) groups excluding carboxylic acids is 1. The zero-order chi connectivity index (χ0) is 19.8. The zero-order valence-electron chi connectivity index (χ0n) is 15.5. The standard InChI is InChI=1S/C21H19ClN4O3/c22-15-3-4-18-14(8-15)9-16(12-28-18)24-21(27)17-10-20-26(25-17)7-5-19(29-20)13-2-1-6-23-11-13/h1-4,6,8,10-11,16,19H,5,7,9,12H2,(H,24,27). The predicted octanol–water partition coefficient (Wildman–Crippen LogP) is 3.19. The number of aromatic nitrogens is 3. The second kappa shape index (κ2) is 7.40. The normalized spacial score (nSPS) is 20.0. The molecule has 0 radical (unpaired) electrons. The molecule has 1 N–H and O–H groups in total. The first kappa shape index (κ1) is 18.0. The average molecular weight is 411 g/mol. The summed E-state index contributed by atoms with van der Waals surface area (Å²) >= 11 is 6.07. The van der Waals surface area contributed by atoms with Gasteiger partial charge in [-0.05, 0) is 36.2 Å². The summed E-state index contributed by atoms with van der Waals surface area (Å²) in [7, 11) is 0. The van der Waals surface area contributed by atoms with Gasteiger partial charge in [-0.1, -0.05) is 17.7 Å². The minimum absolute atomic E-state index is 0.0863. The number of amides is 1. The van der Waals surface area contributed by atoms with Gasteiger partial charge < -0.3 is 14.8 Å². The summed E-state index contributed by atoms with van der Waals surface area (Å²) in [5, 5.41) is 8.06. The summed E-state index contributed by atoms with van der Waals surface area (Å²) in [5.41, 5.74) is 2.34. The highest BCUT2D eigenvalue weighted by Gasteiger charge is 2.27. The highest BCUT2D eigenvalue weighted by molar-refractivity contribution is 6.30. The number of halogens is 1. The molecule has 5 rings (SSSR count). The first-order valence-electron chi connectivity index (χ1n) is 9.52. The molecule has 0 saturated heterocycles. The van der Waals surface area contributed by atoms with Crippen LogP contribution in [0.1, 0.15) is 34.1 Å². The third-order valence-corrected chi connectivity index (χ3v) is 5.40. The fourth-order valence-corrected chi connectivity index (χ4v) is 3.92. The molecule has 2 unspecified atom stereocenters. The number of hydrogen-bond donors (Lipinski definition) is 1. The van der Waals surface area contributed by atoms with Crippen LogP contribution in [0.4, 0.5) is 0 Å². The van der Waals surface area contributed by atoms with Crippen LogP contribution in [0.25, 0.3) is 0 Å². The van der Waals surface area contributed by atoms with Crippen LogP contribution in [-0.4, -0.2) is 33.3 Å². The molecule has 2 aromatic heterocycles. The first-order chi connectivity index (χ1) is 14.2. The molecule has 2 aliphatic rings. The number of carbonyl (C=O) groups is 1. The van der Waals surface area contributed by atoms with Gasteiger partial charge in [0.2, 0.25) is 5.88 Å². The van der Waals surface area contributed by atoms with Gasteiger partial charge in [0.15, 0.2) is 5.69 Å². The van der Waals surface area contributed by atoms with Crippen molar-refractivity contribution in [1.82, 2.24) is 20.1 Å². The van der Waals surface area contributed by atoms with Crippen molar-refractivity contribution in [1.29, 1.82) is 0 Å². The van der Waals surface area contributed by atoms with Crippen LogP contribution in [0.5, 0.6) is 11.6 Å². The summed E-state index contributed by atoms with van der Waals surface area (Å²) in [4.78, 5) is 16.9. The molecule has 1 aromatic carbocycles. The number of hydrogen-bond acceptors (Lipinski definition) is 5. The molecule has 2 aliphatic heterocycles. The quantitative estimate of drug-likeness (QED) is 0.717. The van der Waals surface area contributed by atoms with Gasteiger partial charge in [-0.2, -0.15) is 5.10 Å². The van der Waals surface area contributed by atoms with Crippen molar-refractivity contribution in [3.05, 3.63) is 70.6 Å². The molecule has 0 aliphatic carbocycles. The maximum Gasteiger partial charge on any atom is 0.272 e. The Morgan fingerprint density at radius 1 is 1.28 bits per heavy atom. The molecule has 0 spiro atoms. The maximum absolute atomic E-state index is 12.7. The topological polar surface area (TPSA) is 78.3 Å². The summed E-state index contributed by atoms with van der Waals surface area (Å²) in [6.07, 6.45) is 4.89. The molecule has 3 aromatic rings. The summed E-state index contributed by atoms with van der Waals surface area (Å²) < 4.78 is 13.5. The van der Waals surface area contributed by atoms with Crippen LogP contribution >= 0.6 is 11.6 Å². The molecule has 148 valence electrons. The number of nitrogens with zero attached hydrogens (tertiary/aromatic N) is 3. The molecule has 4 heterocycles. The van der Waals surface area contributed by atoms with Crippen LogP contribution in [0.15, 0.2) is 48.8 Å².